The summed E-state index contributed by atoms with van der Waals surface area (Å²) < 4.78 is 5.35. The number of carboxylic acids is 1. The molecule has 3 rings (SSSR count). The predicted molar refractivity (Wildman–Crippen MR) is 112 cm³/mol. The Kier molecular flexibility index (Phi) is 7.44. The van der Waals surface area contributed by atoms with Crippen molar-refractivity contribution in [2.75, 3.05) is 13.2 Å². The number of alkyl carbamates (subject to hydrolysis) is 1. The van der Waals surface area contributed by atoms with Crippen molar-refractivity contribution in [2.45, 2.75) is 18.4 Å². The number of aliphatic carboxylic acids is 1. The molecule has 6 N–H and O–H groups in total. The highest BCUT2D eigenvalue weighted by Gasteiger charge is 2.29. The molecule has 9 heteroatoms. The van der Waals surface area contributed by atoms with E-state index in [0.29, 0.717) is 0 Å². The molecule has 1 aliphatic carbocycles. The monoisotopic (exact) mass is 418 g/mol. The van der Waals surface area contributed by atoms with E-state index in [2.05, 4.69) is 10.3 Å². The average molecular weight is 419 g/mol. The van der Waals surface area contributed by atoms with Crippen LogP contribution in [0.4, 0.5) is 4.79 Å². The number of hydrogen-bond donors (Lipinski definition) is 4. The Bertz CT molecular complexity index is 869. The van der Waals surface area contributed by atoms with Gasteiger partial charge in [-0.1, -0.05) is 48.5 Å². The maximum Gasteiger partial charge on any atom is 0.407 e. The van der Waals surface area contributed by atoms with Gasteiger partial charge in [0.05, 0.1) is 0 Å². The Hall–Kier alpha value is -3.26. The van der Waals surface area contributed by atoms with Crippen molar-refractivity contribution in [3.8, 4) is 11.1 Å². The average Bonchev–Trinajstić information content (AvgIpc) is 2.99. The van der Waals surface area contributed by atoms with Crippen molar-refractivity contribution in [3.05, 3.63) is 59.7 Å². The van der Waals surface area contributed by atoms with Crippen LogP contribution >= 0.6 is 12.4 Å². The van der Waals surface area contributed by atoms with Crippen LogP contribution in [-0.4, -0.2) is 42.3 Å². The molecule has 0 heterocycles. The summed E-state index contributed by atoms with van der Waals surface area (Å²) in [5.74, 6) is -1.41. The van der Waals surface area contributed by atoms with Gasteiger partial charge in [-0.3, -0.25) is 4.99 Å². The Morgan fingerprint density at radius 1 is 1.07 bits per heavy atom. The highest BCUT2D eigenvalue weighted by Crippen LogP contribution is 2.44. The molecule has 0 aromatic heterocycles. The SMILES string of the molecule is Cl.NC(N)=NCC[C@@H](NC(=O)OCC1c2ccccc2-c2ccccc21)C(=O)O. The largest absolute Gasteiger partial charge is 0.480 e. The molecule has 0 spiro atoms. The number of nitrogens with one attached hydrogen (secondary N) is 1. The van der Waals surface area contributed by atoms with Crippen molar-refractivity contribution in [2.24, 2.45) is 16.5 Å². The minimum atomic E-state index is -1.18. The normalized spacial score (nSPS) is 12.7. The third kappa shape index (κ3) is 5.17. The second-order valence-electron chi connectivity index (χ2n) is 6.46. The summed E-state index contributed by atoms with van der Waals surface area (Å²) in [6, 6.07) is 14.8. The number of halogens is 1. The van der Waals surface area contributed by atoms with Gasteiger partial charge in [0.2, 0.25) is 0 Å². The van der Waals surface area contributed by atoms with Gasteiger partial charge in [0.1, 0.15) is 12.6 Å². The summed E-state index contributed by atoms with van der Waals surface area (Å²) in [6.45, 7) is 0.197. The molecule has 1 aliphatic rings. The molecule has 2 aromatic rings. The minimum absolute atomic E-state index is 0. The third-order valence-corrected chi connectivity index (χ3v) is 4.65. The fourth-order valence-corrected chi connectivity index (χ4v) is 3.36. The van der Waals surface area contributed by atoms with Gasteiger partial charge < -0.3 is 26.6 Å². The van der Waals surface area contributed by atoms with Crippen LogP contribution < -0.4 is 16.8 Å². The number of carboxylic acid groups (broad SMARTS) is 1. The number of nitrogens with two attached hydrogens (primary N) is 2. The highest BCUT2D eigenvalue weighted by atomic mass is 35.5. The van der Waals surface area contributed by atoms with Gasteiger partial charge in [0, 0.05) is 12.5 Å². The smallest absolute Gasteiger partial charge is 0.407 e. The molecule has 1 amide bonds. The van der Waals surface area contributed by atoms with Crippen LogP contribution in [0.2, 0.25) is 0 Å². The van der Waals surface area contributed by atoms with E-state index >= 15 is 0 Å². The summed E-state index contributed by atoms with van der Waals surface area (Å²) in [5, 5.41) is 11.6. The summed E-state index contributed by atoms with van der Waals surface area (Å²) in [5.41, 5.74) is 14.8. The first-order valence-electron chi connectivity index (χ1n) is 8.87. The molecule has 0 saturated carbocycles. The molecule has 1 atom stereocenters. The first kappa shape index (κ1) is 22.0. The molecule has 0 radical (unpaired) electrons. The number of carbonyl (C=O) groups is 2. The molecule has 154 valence electrons. The molecular formula is C20H23ClN4O4. The zero-order chi connectivity index (χ0) is 20.1. The van der Waals surface area contributed by atoms with Crippen molar-refractivity contribution in [1.29, 1.82) is 0 Å². The zero-order valence-corrected chi connectivity index (χ0v) is 16.4. The van der Waals surface area contributed by atoms with E-state index < -0.39 is 18.1 Å². The number of hydrogen-bond acceptors (Lipinski definition) is 4. The van der Waals surface area contributed by atoms with E-state index in [1.807, 2.05) is 48.5 Å². The lowest BCUT2D eigenvalue weighted by atomic mass is 9.98. The molecule has 0 aliphatic heterocycles. The summed E-state index contributed by atoms with van der Waals surface area (Å²) >= 11 is 0. The standard InChI is InChI=1S/C20H22N4O4.ClH/c21-19(22)23-10-9-17(18(25)26)24-20(27)28-11-16-14-7-3-1-5-12(14)13-6-2-4-8-15(13)16;/h1-8,16-17H,9-11H2,(H,24,27)(H,25,26)(H4,21,22,23);1H/t17-;/m1./s1. The van der Waals surface area contributed by atoms with Crippen LogP contribution in [0.25, 0.3) is 11.1 Å². The second-order valence-corrected chi connectivity index (χ2v) is 6.46. The Balaban J connectivity index is 0.00000300. The van der Waals surface area contributed by atoms with Crippen LogP contribution in [-0.2, 0) is 9.53 Å². The van der Waals surface area contributed by atoms with Crippen LogP contribution in [0, 0.1) is 0 Å². The van der Waals surface area contributed by atoms with Crippen molar-refractivity contribution < 1.29 is 19.4 Å². The van der Waals surface area contributed by atoms with Gasteiger partial charge in [0.25, 0.3) is 0 Å². The number of benzene rings is 2. The van der Waals surface area contributed by atoms with Crippen LogP contribution in [0.15, 0.2) is 53.5 Å². The summed E-state index contributed by atoms with van der Waals surface area (Å²) in [7, 11) is 0. The van der Waals surface area contributed by atoms with Gasteiger partial charge in [-0.2, -0.15) is 0 Å². The van der Waals surface area contributed by atoms with Gasteiger partial charge in [0.15, 0.2) is 5.96 Å². The maximum absolute atomic E-state index is 12.2. The van der Waals surface area contributed by atoms with E-state index in [1.165, 1.54) is 0 Å². The van der Waals surface area contributed by atoms with E-state index in [1.54, 1.807) is 0 Å². The third-order valence-electron chi connectivity index (χ3n) is 4.65. The van der Waals surface area contributed by atoms with Gasteiger partial charge in [-0.15, -0.1) is 12.4 Å². The maximum atomic E-state index is 12.2. The number of amides is 1. The van der Waals surface area contributed by atoms with Crippen LogP contribution in [0.3, 0.4) is 0 Å². The van der Waals surface area contributed by atoms with Crippen molar-refractivity contribution in [1.82, 2.24) is 5.32 Å². The van der Waals surface area contributed by atoms with E-state index in [9.17, 15) is 14.7 Å². The summed E-state index contributed by atoms with van der Waals surface area (Å²) in [6.07, 6.45) is -0.740. The lowest BCUT2D eigenvalue weighted by Crippen LogP contribution is -2.42. The molecule has 29 heavy (non-hydrogen) atoms. The molecule has 2 aromatic carbocycles. The van der Waals surface area contributed by atoms with Crippen LogP contribution in [0.5, 0.6) is 0 Å². The molecule has 8 nitrogen and oxygen atoms in total. The quantitative estimate of drug-likeness (QED) is 0.400. The molecule has 0 saturated heterocycles. The Morgan fingerprint density at radius 3 is 2.14 bits per heavy atom. The molecule has 0 fully saturated rings. The summed E-state index contributed by atoms with van der Waals surface area (Å²) in [4.78, 5) is 27.2. The van der Waals surface area contributed by atoms with Gasteiger partial charge in [-0.05, 0) is 28.7 Å². The number of aliphatic imine (C=N–C) groups is 1. The van der Waals surface area contributed by atoms with Crippen molar-refractivity contribution >= 4 is 30.4 Å². The number of guanidine groups is 1. The fourth-order valence-electron chi connectivity index (χ4n) is 3.36. The second kappa shape index (κ2) is 9.79. The first-order valence-corrected chi connectivity index (χ1v) is 8.87. The number of carbonyl (C=O) groups excluding carboxylic acids is 1. The van der Waals surface area contributed by atoms with E-state index in [-0.39, 0.29) is 43.9 Å². The van der Waals surface area contributed by atoms with Gasteiger partial charge in [-0.25, -0.2) is 9.59 Å². The predicted octanol–water partition coefficient (Wildman–Crippen LogP) is 2.06. The lowest BCUT2D eigenvalue weighted by molar-refractivity contribution is -0.139. The molecule has 0 bridgehead atoms. The lowest BCUT2D eigenvalue weighted by Gasteiger charge is -2.17. The van der Waals surface area contributed by atoms with E-state index in [4.69, 9.17) is 16.2 Å². The number of rotatable bonds is 7. The van der Waals surface area contributed by atoms with E-state index in [0.717, 1.165) is 22.3 Å². The topological polar surface area (TPSA) is 140 Å². The Morgan fingerprint density at radius 2 is 1.62 bits per heavy atom. The number of fused-ring (bicyclic) bond motifs is 3. The highest BCUT2D eigenvalue weighted by molar-refractivity contribution is 5.85. The zero-order valence-electron chi connectivity index (χ0n) is 15.6. The fraction of sp³-hybridized carbons (Fsp3) is 0.250. The minimum Gasteiger partial charge on any atom is -0.480 e. The number of nitrogens with zero attached hydrogens (tertiary/aromatic N) is 1. The van der Waals surface area contributed by atoms with Crippen LogP contribution in [0.1, 0.15) is 23.5 Å². The van der Waals surface area contributed by atoms with Gasteiger partial charge >= 0.3 is 12.1 Å². The first-order chi connectivity index (χ1) is 13.5. The number of ether oxygens (including phenoxy) is 1. The molecule has 0 unspecified atom stereocenters. The van der Waals surface area contributed by atoms with Crippen molar-refractivity contribution in [3.63, 3.8) is 0 Å². The molecular weight excluding hydrogens is 396 g/mol. The Labute approximate surface area is 174 Å².